The highest BCUT2D eigenvalue weighted by molar-refractivity contribution is 7.90. The first-order valence-electron chi connectivity index (χ1n) is 11.4. The largest absolute Gasteiger partial charge is 0.460 e. The van der Waals surface area contributed by atoms with E-state index in [4.69, 9.17) is 0 Å². The third-order valence-corrected chi connectivity index (χ3v) is 7.17. The zero-order valence-corrected chi connectivity index (χ0v) is 21.4. The van der Waals surface area contributed by atoms with Gasteiger partial charge < -0.3 is 5.11 Å². The highest BCUT2D eigenvalue weighted by Crippen LogP contribution is 2.64. The van der Waals surface area contributed by atoms with Crippen molar-refractivity contribution in [1.29, 1.82) is 0 Å². The summed E-state index contributed by atoms with van der Waals surface area (Å²) in [6, 6.07) is 0. The third kappa shape index (κ3) is 7.09. The molecule has 248 valence electrons. The lowest BCUT2D eigenvalue weighted by atomic mass is 9.91. The number of hydrogen-bond acceptors (Lipinski definition) is 3. The Morgan fingerprint density at radius 2 is 0.854 bits per heavy atom. The van der Waals surface area contributed by atoms with Crippen LogP contribution in [0.1, 0.15) is 64.7 Å². The smallest absolute Gasteiger partial charge is 0.378 e. The zero-order chi connectivity index (χ0) is 33.1. The van der Waals surface area contributed by atoms with Crippen molar-refractivity contribution in [3.63, 3.8) is 0 Å². The normalized spacial score (nSPS) is 16.3. The van der Waals surface area contributed by atoms with E-state index in [0.29, 0.717) is 12.8 Å². The number of aliphatic hydroxyl groups excluding tert-OH is 1. The number of unbranched alkanes of at least 4 members (excludes halogenated alkanes) is 7. The van der Waals surface area contributed by atoms with E-state index in [0.717, 1.165) is 25.7 Å². The van der Waals surface area contributed by atoms with Gasteiger partial charge in [0.1, 0.15) is 6.23 Å². The van der Waals surface area contributed by atoms with Crippen molar-refractivity contribution in [3.05, 3.63) is 0 Å². The van der Waals surface area contributed by atoms with Gasteiger partial charge in [0.05, 0.1) is 0 Å². The van der Waals surface area contributed by atoms with Crippen molar-refractivity contribution in [2.24, 2.45) is 0 Å². The summed E-state index contributed by atoms with van der Waals surface area (Å²) in [6.45, 7) is 1.92. The van der Waals surface area contributed by atoms with E-state index in [9.17, 15) is 88.2 Å². The van der Waals surface area contributed by atoms with Gasteiger partial charge >= 0.3 is 47.0 Å². The Labute approximate surface area is 221 Å². The molecule has 1 unspecified atom stereocenters. The molecule has 0 rings (SSSR count). The fraction of sp³-hybridized carbons (Fsp3) is 1.00. The molecule has 0 amide bonds. The van der Waals surface area contributed by atoms with Gasteiger partial charge in [-0.2, -0.15) is 79.4 Å². The van der Waals surface area contributed by atoms with Crippen LogP contribution < -0.4 is 4.72 Å². The van der Waals surface area contributed by atoms with E-state index in [2.05, 4.69) is 0 Å². The zero-order valence-electron chi connectivity index (χ0n) is 20.5. The second-order valence-electron chi connectivity index (χ2n) is 8.86. The Balaban J connectivity index is 6.04. The summed E-state index contributed by atoms with van der Waals surface area (Å²) < 4.78 is 249. The van der Waals surface area contributed by atoms with Crippen molar-refractivity contribution >= 4 is 10.0 Å². The Morgan fingerprint density at radius 3 is 1.22 bits per heavy atom. The van der Waals surface area contributed by atoms with Gasteiger partial charge in [-0.3, -0.25) is 0 Å². The minimum absolute atomic E-state index is 0.174. The average Bonchev–Trinajstić information content (AvgIpc) is 2.78. The molecule has 0 fully saturated rings. The number of hydrogen-bond donors (Lipinski definition) is 2. The predicted octanol–water partition coefficient (Wildman–Crippen LogP) is 7.72. The van der Waals surface area contributed by atoms with E-state index < -0.39 is 69.6 Å². The summed E-state index contributed by atoms with van der Waals surface area (Å²) in [7, 11) is -7.51. The van der Waals surface area contributed by atoms with Gasteiger partial charge in [-0.1, -0.05) is 51.9 Å². The molecule has 0 bridgehead atoms. The Kier molecular flexibility index (Phi) is 12.3. The maximum absolute atomic E-state index is 14.0. The lowest BCUT2D eigenvalue weighted by molar-refractivity contribution is -0.458. The van der Waals surface area contributed by atoms with Crippen LogP contribution >= 0.6 is 0 Å². The fourth-order valence-electron chi connectivity index (χ4n) is 3.10. The van der Waals surface area contributed by atoms with E-state index in [-0.39, 0.29) is 17.6 Å². The van der Waals surface area contributed by atoms with Gasteiger partial charge in [-0.15, -0.1) is 0 Å². The number of rotatable bonds is 18. The summed E-state index contributed by atoms with van der Waals surface area (Å²) in [6.07, 6.45) is -7.15. The molecule has 0 aromatic rings. The molecule has 22 heteroatoms. The van der Waals surface area contributed by atoms with Crippen LogP contribution in [0, 0.1) is 0 Å². The highest BCUT2D eigenvalue weighted by atomic mass is 32.2. The van der Waals surface area contributed by atoms with Gasteiger partial charge in [0.15, 0.2) is 0 Å². The van der Waals surface area contributed by atoms with Crippen molar-refractivity contribution in [3.8, 4) is 0 Å². The molecular formula is C19H24F17NO3S. The second-order valence-corrected chi connectivity index (χ2v) is 10.6. The summed E-state index contributed by atoms with van der Waals surface area (Å²) >= 11 is 0. The molecule has 41 heavy (non-hydrogen) atoms. The van der Waals surface area contributed by atoms with Crippen LogP contribution in [-0.2, 0) is 10.0 Å². The van der Waals surface area contributed by atoms with Gasteiger partial charge in [0.25, 0.3) is 10.0 Å². The fourth-order valence-corrected chi connectivity index (χ4v) is 4.19. The van der Waals surface area contributed by atoms with E-state index in [1.807, 2.05) is 6.92 Å². The first-order valence-corrected chi connectivity index (χ1v) is 12.8. The minimum Gasteiger partial charge on any atom is -0.378 e. The predicted molar refractivity (Wildman–Crippen MR) is 106 cm³/mol. The minimum atomic E-state index is -8.89. The lowest BCUT2D eigenvalue weighted by Gasteiger charge is -2.42. The molecule has 0 spiro atoms. The molecule has 4 nitrogen and oxygen atoms in total. The summed E-state index contributed by atoms with van der Waals surface area (Å²) in [5.74, 6) is -51.9. The van der Waals surface area contributed by atoms with Crippen LogP contribution in [0.3, 0.4) is 0 Å². The summed E-state index contributed by atoms with van der Waals surface area (Å²) in [4.78, 5) is 0. The Morgan fingerprint density at radius 1 is 0.537 bits per heavy atom. The Bertz CT molecular complexity index is 951. The number of alkyl halides is 17. The molecule has 0 heterocycles. The average molecular weight is 669 g/mol. The first-order chi connectivity index (χ1) is 18.0. The molecular weight excluding hydrogens is 645 g/mol. The quantitative estimate of drug-likeness (QED) is 0.0893. The standard InChI is InChI=1S/C19H24F17NO3S/c1-2-3-4-5-6-7-8-9-10-11(38)37-41(39,40)19(35,36)17(30,31)15(26,27)13(22,23)12(20,21)14(24,25)16(28,29)18(32,33)34/h11,37-38H,2-10H2,1H3. The van der Waals surface area contributed by atoms with Gasteiger partial charge in [-0.25, -0.2) is 8.42 Å². The molecule has 1 atom stereocenters. The maximum atomic E-state index is 14.0. The number of sulfonamides is 1. The van der Waals surface area contributed by atoms with Crippen molar-refractivity contribution in [1.82, 2.24) is 4.72 Å². The Hall–Kier alpha value is -1.32. The first kappa shape index (κ1) is 39.7. The number of aliphatic hydroxyl groups is 1. The molecule has 0 aliphatic rings. The van der Waals surface area contributed by atoms with Crippen LogP contribution in [0.4, 0.5) is 74.6 Å². The van der Waals surface area contributed by atoms with Crippen molar-refractivity contribution in [2.45, 2.75) is 118 Å². The lowest BCUT2D eigenvalue weighted by Crippen LogP contribution is -2.75. The molecule has 0 radical (unpaired) electrons. The maximum Gasteiger partial charge on any atom is 0.460 e. The number of nitrogens with one attached hydrogen (secondary N) is 1. The van der Waals surface area contributed by atoms with Crippen molar-refractivity contribution < 1.29 is 88.2 Å². The highest BCUT2D eigenvalue weighted by Gasteiger charge is 2.96. The van der Waals surface area contributed by atoms with E-state index in [1.54, 1.807) is 0 Å². The SMILES string of the molecule is CCCCCCCCCCC(O)NS(=O)(=O)C(F)(F)C(F)(F)C(F)(F)C(F)(F)C(F)(F)C(F)(F)C(F)(F)C(F)(F)F. The molecule has 0 aliphatic heterocycles. The molecule has 2 N–H and O–H groups in total. The van der Waals surface area contributed by atoms with E-state index in [1.165, 1.54) is 0 Å². The second kappa shape index (κ2) is 12.7. The number of halogens is 17. The van der Waals surface area contributed by atoms with Crippen LogP contribution in [0.2, 0.25) is 0 Å². The summed E-state index contributed by atoms with van der Waals surface area (Å²) in [5.41, 5.74) is 0. The molecule has 0 aromatic carbocycles. The molecule has 0 aromatic heterocycles. The van der Waals surface area contributed by atoms with Crippen LogP contribution in [0.25, 0.3) is 0 Å². The molecule has 0 saturated heterocycles. The van der Waals surface area contributed by atoms with Gasteiger partial charge in [-0.05, 0) is 12.8 Å². The van der Waals surface area contributed by atoms with Gasteiger partial charge in [0, 0.05) is 0 Å². The van der Waals surface area contributed by atoms with Crippen molar-refractivity contribution in [2.75, 3.05) is 0 Å². The van der Waals surface area contributed by atoms with Crippen LogP contribution in [-0.4, -0.2) is 66.7 Å². The molecule has 0 aliphatic carbocycles. The summed E-state index contributed by atoms with van der Waals surface area (Å²) in [5, 5.41) is 1.75. The van der Waals surface area contributed by atoms with E-state index >= 15 is 0 Å². The van der Waals surface area contributed by atoms with Crippen LogP contribution in [0.5, 0.6) is 0 Å². The monoisotopic (exact) mass is 669 g/mol. The van der Waals surface area contributed by atoms with Crippen LogP contribution in [0.15, 0.2) is 0 Å². The third-order valence-electron chi connectivity index (χ3n) is 5.65. The topological polar surface area (TPSA) is 66.4 Å². The molecule has 0 saturated carbocycles. The van der Waals surface area contributed by atoms with Gasteiger partial charge in [0.2, 0.25) is 0 Å².